The van der Waals surface area contributed by atoms with Crippen LogP contribution in [0.25, 0.3) is 0 Å². The summed E-state index contributed by atoms with van der Waals surface area (Å²) in [5, 5.41) is 0. The summed E-state index contributed by atoms with van der Waals surface area (Å²) in [5.41, 5.74) is 1.56. The van der Waals surface area contributed by atoms with Gasteiger partial charge < -0.3 is 9.47 Å². The van der Waals surface area contributed by atoms with E-state index in [2.05, 4.69) is 4.74 Å². The molecule has 20 heavy (non-hydrogen) atoms. The molecule has 0 N–H and O–H groups in total. The SMILES string of the molecule is COC(=O)c1ccc(CCCC2C(=O)COC2=O)cc1. The molecule has 1 heterocycles. The number of aryl methyl sites for hydroxylation is 1. The summed E-state index contributed by atoms with van der Waals surface area (Å²) < 4.78 is 9.32. The summed E-state index contributed by atoms with van der Waals surface area (Å²) in [5.74, 6) is -1.49. The molecule has 1 aromatic rings. The van der Waals surface area contributed by atoms with Crippen LogP contribution >= 0.6 is 0 Å². The van der Waals surface area contributed by atoms with Crippen molar-refractivity contribution >= 4 is 17.7 Å². The number of benzene rings is 1. The Morgan fingerprint density at radius 1 is 1.30 bits per heavy atom. The standard InChI is InChI=1S/C15H16O5/c1-19-14(17)11-7-5-10(6-8-11)3-2-4-12-13(16)9-20-15(12)18/h5-8,12H,2-4,9H2,1H3. The van der Waals surface area contributed by atoms with Crippen LogP contribution in [0.1, 0.15) is 28.8 Å². The molecule has 106 valence electrons. The molecule has 0 aliphatic carbocycles. The lowest BCUT2D eigenvalue weighted by molar-refractivity contribution is -0.141. The van der Waals surface area contributed by atoms with E-state index >= 15 is 0 Å². The average Bonchev–Trinajstić information content (AvgIpc) is 2.79. The normalized spacial score (nSPS) is 17.9. The molecule has 1 aliphatic heterocycles. The molecule has 1 fully saturated rings. The highest BCUT2D eigenvalue weighted by Gasteiger charge is 2.34. The molecular formula is C15H16O5. The number of ether oxygens (including phenoxy) is 2. The van der Waals surface area contributed by atoms with Crippen molar-refractivity contribution in [2.75, 3.05) is 13.7 Å². The fourth-order valence-corrected chi connectivity index (χ4v) is 2.19. The van der Waals surface area contributed by atoms with Crippen LogP contribution < -0.4 is 0 Å². The van der Waals surface area contributed by atoms with Gasteiger partial charge in [-0.3, -0.25) is 9.59 Å². The molecule has 5 heteroatoms. The number of carbonyl (C=O) groups is 3. The maximum absolute atomic E-state index is 11.4. The van der Waals surface area contributed by atoms with Gasteiger partial charge in [0.15, 0.2) is 12.4 Å². The number of ketones is 1. The van der Waals surface area contributed by atoms with Crippen molar-refractivity contribution in [1.29, 1.82) is 0 Å². The van der Waals surface area contributed by atoms with Crippen LogP contribution in [0.3, 0.4) is 0 Å². The first-order valence-corrected chi connectivity index (χ1v) is 6.48. The molecule has 1 atom stereocenters. The second-order valence-corrected chi connectivity index (χ2v) is 4.71. The Labute approximate surface area is 116 Å². The lowest BCUT2D eigenvalue weighted by atomic mass is 9.97. The van der Waals surface area contributed by atoms with E-state index in [0.29, 0.717) is 12.0 Å². The number of hydrogen-bond donors (Lipinski definition) is 0. The van der Waals surface area contributed by atoms with Crippen LogP contribution in [0.5, 0.6) is 0 Å². The predicted molar refractivity (Wildman–Crippen MR) is 70.2 cm³/mol. The molecule has 0 spiro atoms. The first kappa shape index (κ1) is 14.2. The van der Waals surface area contributed by atoms with Gasteiger partial charge in [0.1, 0.15) is 5.92 Å². The minimum absolute atomic E-state index is 0.0860. The van der Waals surface area contributed by atoms with E-state index in [1.54, 1.807) is 12.1 Å². The number of cyclic esters (lactones) is 1. The van der Waals surface area contributed by atoms with E-state index in [-0.39, 0.29) is 18.4 Å². The van der Waals surface area contributed by atoms with Crippen LogP contribution in [-0.4, -0.2) is 31.4 Å². The van der Waals surface area contributed by atoms with Crippen molar-refractivity contribution in [3.8, 4) is 0 Å². The highest BCUT2D eigenvalue weighted by atomic mass is 16.5. The van der Waals surface area contributed by atoms with Crippen molar-refractivity contribution in [3.05, 3.63) is 35.4 Å². The largest absolute Gasteiger partial charge is 0.465 e. The average molecular weight is 276 g/mol. The first-order valence-electron chi connectivity index (χ1n) is 6.48. The molecule has 0 bridgehead atoms. The Balaban J connectivity index is 1.84. The lowest BCUT2D eigenvalue weighted by Gasteiger charge is -2.05. The third-order valence-corrected chi connectivity index (χ3v) is 3.36. The molecular weight excluding hydrogens is 260 g/mol. The topological polar surface area (TPSA) is 69.7 Å². The highest BCUT2D eigenvalue weighted by Crippen LogP contribution is 2.18. The number of hydrogen-bond acceptors (Lipinski definition) is 5. The van der Waals surface area contributed by atoms with Gasteiger partial charge in [-0.25, -0.2) is 4.79 Å². The number of Topliss-reactive ketones (excluding diaryl/α,β-unsaturated/α-hetero) is 1. The van der Waals surface area contributed by atoms with Gasteiger partial charge in [-0.1, -0.05) is 12.1 Å². The van der Waals surface area contributed by atoms with E-state index in [1.165, 1.54) is 7.11 Å². The zero-order chi connectivity index (χ0) is 14.5. The molecule has 1 unspecified atom stereocenters. The van der Waals surface area contributed by atoms with Gasteiger partial charge in [-0.2, -0.15) is 0 Å². The Morgan fingerprint density at radius 2 is 2.00 bits per heavy atom. The second kappa shape index (κ2) is 6.32. The summed E-state index contributed by atoms with van der Waals surface area (Å²) in [6, 6.07) is 7.11. The van der Waals surface area contributed by atoms with E-state index in [0.717, 1.165) is 18.4 Å². The summed E-state index contributed by atoms with van der Waals surface area (Å²) in [6.07, 6.45) is 1.98. The molecule has 0 amide bonds. The highest BCUT2D eigenvalue weighted by molar-refractivity contribution is 6.04. The number of rotatable bonds is 5. The second-order valence-electron chi connectivity index (χ2n) is 4.71. The van der Waals surface area contributed by atoms with E-state index in [4.69, 9.17) is 4.74 Å². The third-order valence-electron chi connectivity index (χ3n) is 3.36. The van der Waals surface area contributed by atoms with Crippen molar-refractivity contribution < 1.29 is 23.9 Å². The zero-order valence-electron chi connectivity index (χ0n) is 11.3. The van der Waals surface area contributed by atoms with E-state index in [9.17, 15) is 14.4 Å². The van der Waals surface area contributed by atoms with Gasteiger partial charge >= 0.3 is 11.9 Å². The fourth-order valence-electron chi connectivity index (χ4n) is 2.19. The summed E-state index contributed by atoms with van der Waals surface area (Å²) >= 11 is 0. The fraction of sp³-hybridized carbons (Fsp3) is 0.400. The van der Waals surface area contributed by atoms with Gasteiger partial charge in [-0.05, 0) is 37.0 Å². The van der Waals surface area contributed by atoms with Crippen LogP contribution in [0.15, 0.2) is 24.3 Å². The molecule has 1 aliphatic rings. The molecule has 1 aromatic carbocycles. The van der Waals surface area contributed by atoms with Gasteiger partial charge in [0.25, 0.3) is 0 Å². The van der Waals surface area contributed by atoms with Crippen molar-refractivity contribution in [3.63, 3.8) is 0 Å². The van der Waals surface area contributed by atoms with Gasteiger partial charge in [0.05, 0.1) is 12.7 Å². The third kappa shape index (κ3) is 3.23. The summed E-state index contributed by atoms with van der Waals surface area (Å²) in [7, 11) is 1.34. The summed E-state index contributed by atoms with van der Waals surface area (Å²) in [6.45, 7) is -0.0860. The predicted octanol–water partition coefficient (Wildman–Crippen LogP) is 1.54. The molecule has 0 radical (unpaired) electrons. The number of carbonyl (C=O) groups excluding carboxylic acids is 3. The van der Waals surface area contributed by atoms with Crippen molar-refractivity contribution in [2.45, 2.75) is 19.3 Å². The van der Waals surface area contributed by atoms with Crippen molar-refractivity contribution in [2.24, 2.45) is 5.92 Å². The molecule has 2 rings (SSSR count). The minimum Gasteiger partial charge on any atom is -0.465 e. The van der Waals surface area contributed by atoms with Crippen molar-refractivity contribution in [1.82, 2.24) is 0 Å². The van der Waals surface area contributed by atoms with Gasteiger partial charge in [0.2, 0.25) is 0 Å². The molecule has 5 nitrogen and oxygen atoms in total. The Bertz CT molecular complexity index is 502. The van der Waals surface area contributed by atoms with E-state index in [1.807, 2.05) is 12.1 Å². The van der Waals surface area contributed by atoms with Crippen LogP contribution in [0.4, 0.5) is 0 Å². The molecule has 0 saturated carbocycles. The summed E-state index contributed by atoms with van der Waals surface area (Å²) in [4.78, 5) is 33.9. The Morgan fingerprint density at radius 3 is 2.55 bits per heavy atom. The van der Waals surface area contributed by atoms with Crippen LogP contribution in [-0.2, 0) is 25.5 Å². The van der Waals surface area contributed by atoms with E-state index < -0.39 is 11.9 Å². The smallest absolute Gasteiger partial charge is 0.337 e. The lowest BCUT2D eigenvalue weighted by Crippen LogP contribution is -2.15. The van der Waals surface area contributed by atoms with Crippen LogP contribution in [0.2, 0.25) is 0 Å². The first-order chi connectivity index (χ1) is 9.61. The number of esters is 2. The maximum atomic E-state index is 11.4. The monoisotopic (exact) mass is 276 g/mol. The van der Waals surface area contributed by atoms with Gasteiger partial charge in [-0.15, -0.1) is 0 Å². The number of methoxy groups -OCH3 is 1. The molecule has 0 aromatic heterocycles. The Hall–Kier alpha value is -2.17. The zero-order valence-corrected chi connectivity index (χ0v) is 11.3. The minimum atomic E-state index is -0.593. The molecule has 1 saturated heterocycles. The quantitative estimate of drug-likeness (QED) is 0.602. The Kier molecular flexibility index (Phi) is 4.50. The van der Waals surface area contributed by atoms with Crippen LogP contribution in [0, 0.1) is 5.92 Å². The maximum Gasteiger partial charge on any atom is 0.337 e. The van der Waals surface area contributed by atoms with Gasteiger partial charge in [0, 0.05) is 0 Å².